The van der Waals surface area contributed by atoms with Gasteiger partial charge in [-0.25, -0.2) is 0 Å². The molecule has 0 saturated carbocycles. The van der Waals surface area contributed by atoms with E-state index in [9.17, 15) is 5.11 Å². The van der Waals surface area contributed by atoms with Crippen molar-refractivity contribution >= 4 is 37.1 Å². The zero-order valence-electron chi connectivity index (χ0n) is 22.4. The van der Waals surface area contributed by atoms with Gasteiger partial charge in [0.25, 0.3) is 0 Å². The van der Waals surface area contributed by atoms with Gasteiger partial charge in [0.2, 0.25) is 0 Å². The Hall–Kier alpha value is -1.78. The molecule has 14 rings (SSSR count). The Kier molecular flexibility index (Phi) is 1.62. The molecular formula is C36H32FeOP2. The van der Waals surface area contributed by atoms with Crippen molar-refractivity contribution in [2.75, 3.05) is 0 Å². The van der Waals surface area contributed by atoms with Crippen molar-refractivity contribution in [3.63, 3.8) is 0 Å². The average molecular weight is 598 g/mol. The average Bonchev–Trinajstić information content (AvgIpc) is 3.96. The Bertz CT molecular complexity index is 2110. The monoisotopic (exact) mass is 598 g/mol. The SMILES string of the molecule is CC(O)[C]12[CH]3[CH]4[CH]5[CH]1[Fe]45321678[CH]2[CH]1[C]6(P(c1ccccc1)c1ccccc1)[C]7(P(c1ccccc1)c1ccccc1)[CH]28. The van der Waals surface area contributed by atoms with Gasteiger partial charge in [0.15, 0.2) is 0 Å². The van der Waals surface area contributed by atoms with Crippen molar-refractivity contribution in [2.24, 2.45) is 0 Å². The molecule has 9 unspecified atom stereocenters. The third-order valence-electron chi connectivity index (χ3n) is 20.3. The normalized spacial score (nSPS) is 62.0. The molecular weight excluding hydrogens is 566 g/mol. The molecule has 4 aromatic carbocycles. The van der Waals surface area contributed by atoms with Gasteiger partial charge in [-0.3, -0.25) is 0 Å². The van der Waals surface area contributed by atoms with Crippen molar-refractivity contribution in [1.82, 2.24) is 0 Å². The molecule has 10 aliphatic rings. The minimum atomic E-state index is -4.37. The maximum atomic E-state index is 12.1. The van der Waals surface area contributed by atoms with Crippen LogP contribution in [-0.4, -0.2) is 19.3 Å². The number of rotatable bonds is 7. The molecule has 0 radical (unpaired) electrons. The van der Waals surface area contributed by atoms with Crippen LogP contribution in [0.5, 0.6) is 0 Å². The summed E-state index contributed by atoms with van der Waals surface area (Å²) in [5, 5.41) is 18.6. The summed E-state index contributed by atoms with van der Waals surface area (Å²) < 4.78 is 1.43. The molecule has 0 aliphatic carbocycles. The molecule has 1 spiro atoms. The van der Waals surface area contributed by atoms with Crippen LogP contribution in [0.2, 0.25) is 38.0 Å². The molecule has 4 aromatic rings. The van der Waals surface area contributed by atoms with Gasteiger partial charge in [0.1, 0.15) is 0 Å². The molecule has 10 heterocycles. The fourth-order valence-corrected chi connectivity index (χ4v) is 131. The molecule has 9 atom stereocenters. The second-order valence-electron chi connectivity index (χ2n) is 16.5. The maximum absolute atomic E-state index is 12.1. The summed E-state index contributed by atoms with van der Waals surface area (Å²) in [5.41, 5.74) is 0. The van der Waals surface area contributed by atoms with Crippen LogP contribution in [0.4, 0.5) is 0 Å². The van der Waals surface area contributed by atoms with E-state index in [1.807, 2.05) is 0 Å². The predicted octanol–water partition coefficient (Wildman–Crippen LogP) is 7.21. The Morgan fingerprint density at radius 3 is 1.07 bits per heavy atom. The van der Waals surface area contributed by atoms with Crippen LogP contribution in [0, 0.1) is 0 Å². The molecule has 10 aliphatic heterocycles. The second-order valence-corrected chi connectivity index (χ2v) is 45.0. The first-order valence-corrected chi connectivity index (χ1v) is 23.9. The van der Waals surface area contributed by atoms with Crippen molar-refractivity contribution in [3.05, 3.63) is 121 Å². The van der Waals surface area contributed by atoms with Crippen LogP contribution in [-0.2, 0) is 6.51 Å². The summed E-state index contributed by atoms with van der Waals surface area (Å²) >= 11 is 0. The van der Waals surface area contributed by atoms with E-state index in [1.54, 1.807) is 21.2 Å². The first-order chi connectivity index (χ1) is 19.4. The van der Waals surface area contributed by atoms with E-state index in [-0.39, 0.29) is 6.10 Å². The molecule has 40 heavy (non-hydrogen) atoms. The van der Waals surface area contributed by atoms with E-state index in [2.05, 4.69) is 128 Å². The Morgan fingerprint density at radius 2 is 0.850 bits per heavy atom. The third-order valence-corrected chi connectivity index (χ3v) is 77.9. The van der Waals surface area contributed by atoms with Crippen molar-refractivity contribution in [1.29, 1.82) is 0 Å². The summed E-state index contributed by atoms with van der Waals surface area (Å²) in [6, 6.07) is 47.4. The van der Waals surface area contributed by atoms with Crippen molar-refractivity contribution in [2.45, 2.75) is 59.2 Å². The summed E-state index contributed by atoms with van der Waals surface area (Å²) in [5.74, 6) is 0. The first kappa shape index (κ1) is 20.2. The fraction of sp³-hybridized carbons (Fsp3) is 0.333. The van der Waals surface area contributed by atoms with Crippen LogP contribution < -0.4 is 21.2 Å². The van der Waals surface area contributed by atoms with E-state index in [0.29, 0.717) is 12.4 Å². The van der Waals surface area contributed by atoms with Crippen molar-refractivity contribution in [3.8, 4) is 0 Å². The van der Waals surface area contributed by atoms with Crippen LogP contribution in [0.1, 0.15) is 6.92 Å². The summed E-state index contributed by atoms with van der Waals surface area (Å²) in [6.07, 6.45) is -0.0953. The summed E-state index contributed by atoms with van der Waals surface area (Å²) in [7, 11) is -0.963. The summed E-state index contributed by atoms with van der Waals surface area (Å²) in [4.78, 5) is 7.29. The van der Waals surface area contributed by atoms with Gasteiger partial charge in [-0.1, -0.05) is 0 Å². The number of aliphatic hydroxyl groups is 1. The fourth-order valence-electron chi connectivity index (χ4n) is 22.6. The molecule has 0 aromatic heterocycles. The van der Waals surface area contributed by atoms with Crippen LogP contribution in [0.25, 0.3) is 0 Å². The zero-order chi connectivity index (χ0) is 26.0. The molecule has 10 saturated heterocycles. The topological polar surface area (TPSA) is 20.2 Å². The first-order valence-electron chi connectivity index (χ1n) is 15.1. The Morgan fingerprint density at radius 1 is 0.525 bits per heavy atom. The molecule has 10 fully saturated rings. The molecule has 1 N–H and O–H groups in total. The Labute approximate surface area is 228 Å². The number of benzene rings is 4. The number of aliphatic hydroxyl groups excluding tert-OH is 1. The molecule has 0 bridgehead atoms. The van der Waals surface area contributed by atoms with Gasteiger partial charge in [-0.2, -0.15) is 0 Å². The van der Waals surface area contributed by atoms with Crippen molar-refractivity contribution < 1.29 is 11.6 Å². The standard InChI is InChI=1S/C29H23P2.C7H9O.Fe/c1-5-14-24(15-6-1)30(25-16-7-2-8-17-25)28-22-13-23-29(28)31(26-18-9-3-10-19-26)27-20-11-4-12-21-27;1-6(8)7-4-2-3-5-7;/h1-23H;2-6,8H,1H3;. The number of fused-ring (bicyclic) bond motifs is 10. The predicted molar refractivity (Wildman–Crippen MR) is 164 cm³/mol. The van der Waals surface area contributed by atoms with Gasteiger partial charge in [-0.05, 0) is 0 Å². The molecule has 4 heteroatoms. The van der Waals surface area contributed by atoms with E-state index < -0.39 is 22.4 Å². The van der Waals surface area contributed by atoms with E-state index in [0.717, 1.165) is 33.7 Å². The second kappa shape index (κ2) is 3.22. The Balaban J connectivity index is 1.19. The number of hydrogen-bond acceptors (Lipinski definition) is 1. The zero-order valence-corrected chi connectivity index (χ0v) is 25.3. The van der Waals surface area contributed by atoms with Crippen LogP contribution in [0.3, 0.4) is 0 Å². The third kappa shape index (κ3) is 0.485. The van der Waals surface area contributed by atoms with Crippen LogP contribution >= 0.6 is 15.8 Å². The van der Waals surface area contributed by atoms with E-state index in [4.69, 9.17) is 0 Å². The van der Waals surface area contributed by atoms with Crippen LogP contribution in [0.15, 0.2) is 121 Å². The number of hydrogen-bond donors (Lipinski definition) is 1. The summed E-state index contributed by atoms with van der Waals surface area (Å²) in [6.45, 7) is -2.11. The van der Waals surface area contributed by atoms with Gasteiger partial charge in [-0.15, -0.1) is 0 Å². The van der Waals surface area contributed by atoms with E-state index >= 15 is 0 Å². The molecule has 0 amide bonds. The van der Waals surface area contributed by atoms with Gasteiger partial charge >= 0.3 is 229 Å². The van der Waals surface area contributed by atoms with Gasteiger partial charge in [0, 0.05) is 0 Å². The molecule has 200 valence electrons. The quantitative estimate of drug-likeness (QED) is 0.176. The van der Waals surface area contributed by atoms with E-state index in [1.165, 1.54) is 0 Å². The van der Waals surface area contributed by atoms with Gasteiger partial charge < -0.3 is 0 Å². The molecule has 1 nitrogen and oxygen atoms in total. The van der Waals surface area contributed by atoms with Gasteiger partial charge in [0.05, 0.1) is 0 Å². The minimum absolute atomic E-state index is 0.0953.